The number of thioether (sulfide) groups is 1. The van der Waals surface area contributed by atoms with Gasteiger partial charge in [-0.05, 0) is 6.42 Å². The molecule has 1 unspecified atom stereocenters. The maximum absolute atomic E-state index is 11.5. The van der Waals surface area contributed by atoms with E-state index in [0.29, 0.717) is 19.4 Å². The molecule has 15 heavy (non-hydrogen) atoms. The molecule has 1 aliphatic rings. The predicted octanol–water partition coefficient (Wildman–Crippen LogP) is -0.282. The van der Waals surface area contributed by atoms with E-state index in [1.54, 1.807) is 11.8 Å². The molecular weight excluding hydrogens is 216 g/mol. The van der Waals surface area contributed by atoms with Gasteiger partial charge in [-0.15, -0.1) is 11.8 Å². The first-order chi connectivity index (χ1) is 7.24. The number of rotatable bonds is 5. The first-order valence-corrected chi connectivity index (χ1v) is 6.05. The standard InChI is InChI=1S/C9H16N2O3S/c1-14-8(12)3-2-4-10-9(13)7-5-15-6-11-7/h7,11H,2-6H2,1H3,(H,10,13). The van der Waals surface area contributed by atoms with E-state index in [1.807, 2.05) is 0 Å². The lowest BCUT2D eigenvalue weighted by molar-refractivity contribution is -0.140. The number of hydrogen-bond donors (Lipinski definition) is 2. The second kappa shape index (κ2) is 6.68. The molecule has 1 heterocycles. The van der Waals surface area contributed by atoms with Gasteiger partial charge in [0.25, 0.3) is 0 Å². The molecule has 1 atom stereocenters. The lowest BCUT2D eigenvalue weighted by Gasteiger charge is -2.09. The van der Waals surface area contributed by atoms with Crippen LogP contribution in [0.15, 0.2) is 0 Å². The highest BCUT2D eigenvalue weighted by Crippen LogP contribution is 2.09. The number of ether oxygens (including phenoxy) is 1. The summed E-state index contributed by atoms with van der Waals surface area (Å²) in [5.41, 5.74) is 0. The largest absolute Gasteiger partial charge is 0.469 e. The first kappa shape index (κ1) is 12.3. The fourth-order valence-corrected chi connectivity index (χ4v) is 2.17. The number of carbonyl (C=O) groups excluding carboxylic acids is 2. The Morgan fingerprint density at radius 3 is 3.00 bits per heavy atom. The topological polar surface area (TPSA) is 67.4 Å². The Labute approximate surface area is 93.3 Å². The van der Waals surface area contributed by atoms with Crippen LogP contribution in [0.4, 0.5) is 0 Å². The van der Waals surface area contributed by atoms with Crippen LogP contribution in [-0.2, 0) is 14.3 Å². The van der Waals surface area contributed by atoms with Crippen LogP contribution in [0.1, 0.15) is 12.8 Å². The van der Waals surface area contributed by atoms with Crippen LogP contribution < -0.4 is 10.6 Å². The maximum atomic E-state index is 11.5. The smallest absolute Gasteiger partial charge is 0.305 e. The molecule has 5 nitrogen and oxygen atoms in total. The van der Waals surface area contributed by atoms with Crippen molar-refractivity contribution in [3.8, 4) is 0 Å². The predicted molar refractivity (Wildman–Crippen MR) is 58.5 cm³/mol. The molecule has 0 aromatic rings. The second-order valence-electron chi connectivity index (χ2n) is 3.24. The van der Waals surface area contributed by atoms with Crippen molar-refractivity contribution in [1.82, 2.24) is 10.6 Å². The normalized spacial score (nSPS) is 19.9. The molecule has 0 bridgehead atoms. The fraction of sp³-hybridized carbons (Fsp3) is 0.778. The zero-order chi connectivity index (χ0) is 11.1. The summed E-state index contributed by atoms with van der Waals surface area (Å²) < 4.78 is 4.49. The highest BCUT2D eigenvalue weighted by Gasteiger charge is 2.21. The molecule has 0 saturated carbocycles. The van der Waals surface area contributed by atoms with Crippen molar-refractivity contribution in [2.75, 3.05) is 25.3 Å². The Hall–Kier alpha value is -0.750. The third-order valence-corrected chi connectivity index (χ3v) is 3.06. The van der Waals surface area contributed by atoms with E-state index < -0.39 is 0 Å². The summed E-state index contributed by atoms with van der Waals surface area (Å²) in [6.45, 7) is 0.525. The number of esters is 1. The lowest BCUT2D eigenvalue weighted by Crippen LogP contribution is -2.42. The summed E-state index contributed by atoms with van der Waals surface area (Å²) in [6.07, 6.45) is 0.974. The molecule has 86 valence electrons. The third-order valence-electron chi connectivity index (χ3n) is 2.12. The molecule has 1 amide bonds. The number of nitrogens with one attached hydrogen (secondary N) is 2. The summed E-state index contributed by atoms with van der Waals surface area (Å²) in [6, 6.07) is -0.0758. The van der Waals surface area contributed by atoms with Crippen LogP contribution in [-0.4, -0.2) is 43.2 Å². The van der Waals surface area contributed by atoms with Crippen LogP contribution >= 0.6 is 11.8 Å². The van der Waals surface area contributed by atoms with Gasteiger partial charge in [0.1, 0.15) is 0 Å². The zero-order valence-electron chi connectivity index (χ0n) is 8.75. The van der Waals surface area contributed by atoms with Crippen LogP contribution in [0.3, 0.4) is 0 Å². The van der Waals surface area contributed by atoms with Crippen molar-refractivity contribution >= 4 is 23.6 Å². The molecule has 0 aliphatic carbocycles. The number of amides is 1. The van der Waals surface area contributed by atoms with E-state index in [-0.39, 0.29) is 17.9 Å². The Morgan fingerprint density at radius 1 is 1.60 bits per heavy atom. The van der Waals surface area contributed by atoms with Gasteiger partial charge in [0.05, 0.1) is 13.2 Å². The van der Waals surface area contributed by atoms with Gasteiger partial charge in [0, 0.05) is 24.6 Å². The number of methoxy groups -OCH3 is 1. The van der Waals surface area contributed by atoms with Gasteiger partial charge in [0.15, 0.2) is 0 Å². The number of hydrogen-bond acceptors (Lipinski definition) is 5. The molecule has 0 radical (unpaired) electrons. The summed E-state index contributed by atoms with van der Waals surface area (Å²) in [4.78, 5) is 22.2. The summed E-state index contributed by atoms with van der Waals surface area (Å²) in [7, 11) is 1.36. The minimum Gasteiger partial charge on any atom is -0.469 e. The quantitative estimate of drug-likeness (QED) is 0.504. The molecular formula is C9H16N2O3S. The molecule has 1 fully saturated rings. The Morgan fingerprint density at radius 2 is 2.40 bits per heavy atom. The van der Waals surface area contributed by atoms with Crippen LogP contribution in [0, 0.1) is 0 Å². The molecule has 1 rings (SSSR count). The van der Waals surface area contributed by atoms with Gasteiger partial charge < -0.3 is 10.1 Å². The van der Waals surface area contributed by atoms with E-state index in [9.17, 15) is 9.59 Å². The zero-order valence-corrected chi connectivity index (χ0v) is 9.56. The van der Waals surface area contributed by atoms with E-state index in [4.69, 9.17) is 0 Å². The SMILES string of the molecule is COC(=O)CCCNC(=O)C1CSCN1. The average molecular weight is 232 g/mol. The highest BCUT2D eigenvalue weighted by atomic mass is 32.2. The minimum atomic E-state index is -0.237. The molecule has 1 aliphatic heterocycles. The van der Waals surface area contributed by atoms with Crippen LogP contribution in [0.2, 0.25) is 0 Å². The van der Waals surface area contributed by atoms with Gasteiger partial charge in [-0.3, -0.25) is 14.9 Å². The average Bonchev–Trinajstić information content (AvgIpc) is 2.77. The van der Waals surface area contributed by atoms with Gasteiger partial charge in [-0.1, -0.05) is 0 Å². The van der Waals surface area contributed by atoms with Crippen LogP contribution in [0.25, 0.3) is 0 Å². The minimum absolute atomic E-state index is 0.0184. The van der Waals surface area contributed by atoms with Gasteiger partial charge >= 0.3 is 5.97 Å². The fourth-order valence-electron chi connectivity index (χ4n) is 1.23. The van der Waals surface area contributed by atoms with Crippen molar-refractivity contribution in [2.45, 2.75) is 18.9 Å². The van der Waals surface area contributed by atoms with Gasteiger partial charge in [-0.25, -0.2) is 0 Å². The summed E-state index contributed by atoms with van der Waals surface area (Å²) >= 11 is 1.71. The van der Waals surface area contributed by atoms with Crippen molar-refractivity contribution < 1.29 is 14.3 Å². The highest BCUT2D eigenvalue weighted by molar-refractivity contribution is 7.99. The molecule has 6 heteroatoms. The Kier molecular flexibility index (Phi) is 5.49. The Bertz CT molecular complexity index is 229. The molecule has 2 N–H and O–H groups in total. The Balaban J connectivity index is 2.04. The monoisotopic (exact) mass is 232 g/mol. The van der Waals surface area contributed by atoms with Crippen molar-refractivity contribution in [1.29, 1.82) is 0 Å². The summed E-state index contributed by atoms with van der Waals surface area (Å²) in [5, 5.41) is 5.86. The molecule has 0 aromatic carbocycles. The third kappa shape index (κ3) is 4.53. The van der Waals surface area contributed by atoms with Crippen LogP contribution in [0.5, 0.6) is 0 Å². The van der Waals surface area contributed by atoms with Gasteiger partial charge in [0.2, 0.25) is 5.91 Å². The second-order valence-corrected chi connectivity index (χ2v) is 4.27. The maximum Gasteiger partial charge on any atom is 0.305 e. The van der Waals surface area contributed by atoms with Crippen molar-refractivity contribution in [2.24, 2.45) is 0 Å². The lowest BCUT2D eigenvalue weighted by atomic mass is 10.3. The first-order valence-electron chi connectivity index (χ1n) is 4.89. The van der Waals surface area contributed by atoms with E-state index in [2.05, 4.69) is 15.4 Å². The number of carbonyl (C=O) groups is 2. The van der Waals surface area contributed by atoms with Crippen molar-refractivity contribution in [3.05, 3.63) is 0 Å². The van der Waals surface area contributed by atoms with Crippen molar-refractivity contribution in [3.63, 3.8) is 0 Å². The van der Waals surface area contributed by atoms with E-state index in [1.165, 1.54) is 7.11 Å². The molecule has 0 spiro atoms. The van der Waals surface area contributed by atoms with E-state index >= 15 is 0 Å². The van der Waals surface area contributed by atoms with Gasteiger partial charge in [-0.2, -0.15) is 0 Å². The van der Waals surface area contributed by atoms with E-state index in [0.717, 1.165) is 11.6 Å². The summed E-state index contributed by atoms with van der Waals surface area (Å²) in [5.74, 6) is 1.44. The molecule has 0 aromatic heterocycles. The molecule has 1 saturated heterocycles.